The zero-order valence-electron chi connectivity index (χ0n) is 52.5. The molecule has 2 unspecified atom stereocenters. The smallest absolute Gasteiger partial charge is 0.306 e. The number of hydrogen-bond donors (Lipinski definition) is 0. The third-order valence-electron chi connectivity index (χ3n) is 12.3. The molecular formula is C74H113NO8. The molecule has 0 heterocycles. The van der Waals surface area contributed by atoms with Gasteiger partial charge < -0.3 is 33.3 Å². The predicted molar refractivity (Wildman–Crippen MR) is 351 cm³/mol. The van der Waals surface area contributed by atoms with E-state index in [1.807, 2.05) is 21.1 Å². The number of unbranched alkanes of at least 4 members (excludes halogenated alkanes) is 8. The van der Waals surface area contributed by atoms with Crippen molar-refractivity contribution in [2.75, 3.05) is 47.5 Å². The molecule has 0 aliphatic carbocycles. The number of hydrogen-bond acceptors (Lipinski definition) is 8. The van der Waals surface area contributed by atoms with Crippen LogP contribution in [-0.4, -0.2) is 82.3 Å². The molecule has 0 spiro atoms. The molecule has 0 aliphatic rings. The van der Waals surface area contributed by atoms with Crippen molar-refractivity contribution in [2.45, 2.75) is 206 Å². The molecule has 0 aromatic heterocycles. The van der Waals surface area contributed by atoms with Crippen LogP contribution in [0.25, 0.3) is 0 Å². The van der Waals surface area contributed by atoms with Crippen molar-refractivity contribution < 1.29 is 42.9 Å². The molecule has 83 heavy (non-hydrogen) atoms. The second kappa shape index (κ2) is 62.2. The molecule has 0 aliphatic heterocycles. The van der Waals surface area contributed by atoms with Gasteiger partial charge in [0.05, 0.1) is 40.3 Å². The average Bonchev–Trinajstić information content (AvgIpc) is 3.46. The lowest BCUT2D eigenvalue weighted by Gasteiger charge is -2.26. The number of rotatable bonds is 55. The Hall–Kier alpha value is -5.87. The molecule has 0 saturated carbocycles. The fraction of sp³-hybridized carbons (Fsp3) is 0.527. The number of allylic oxidation sites excluding steroid dienone is 32. The Labute approximate surface area is 506 Å². The molecule has 0 aromatic rings. The van der Waals surface area contributed by atoms with Crippen LogP contribution < -0.4 is 5.11 Å². The first kappa shape index (κ1) is 77.1. The molecule has 0 N–H and O–H groups in total. The number of likely N-dealkylation sites (N-methyl/N-ethyl adjacent to an activating group) is 1. The minimum Gasteiger partial charge on any atom is -0.545 e. The number of aliphatic carboxylic acids is 1. The molecule has 9 nitrogen and oxygen atoms in total. The number of ether oxygens (including phenoxy) is 4. The number of nitrogens with zero attached hydrogens (tertiary/aromatic N) is 1. The van der Waals surface area contributed by atoms with E-state index in [9.17, 15) is 19.5 Å². The first-order valence-corrected chi connectivity index (χ1v) is 31.6. The number of carbonyl (C=O) groups is 3. The number of carboxylic acids is 1. The summed E-state index contributed by atoms with van der Waals surface area (Å²) < 4.78 is 22.7. The van der Waals surface area contributed by atoms with Crippen LogP contribution in [0, 0.1) is 0 Å². The van der Waals surface area contributed by atoms with E-state index >= 15 is 0 Å². The van der Waals surface area contributed by atoms with Crippen LogP contribution in [0.2, 0.25) is 0 Å². The minimum atomic E-state index is -1.65. The minimum absolute atomic E-state index is 0.125. The summed E-state index contributed by atoms with van der Waals surface area (Å²) in [7, 11) is 5.89. The Morgan fingerprint density at radius 3 is 0.976 bits per heavy atom. The standard InChI is InChI=1S/C74H113NO8/c1-6-8-10-12-14-16-18-20-22-24-26-28-30-32-34-35-36-37-39-41-43-45-47-49-51-53-55-57-59-61-63-65-72(77)83-70(69-82-74(73(78)79)80-67-66-75(3,4)5)68-81-71(76)64-62-60-58-56-54-52-50-48-46-44-42-40-38-33-31-29-27-25-23-21-19-17-15-13-11-9-7-2/h8-11,14-17,20-23,26-29,32-34,36-38,41-44,47-50,53,55,70,74H,6-7,12-13,18-19,24-25,30-31,35,39-40,45-46,51-52,54,56-69H2,1-5H3/b10-8-,11-9-,16-14-,17-15-,22-20-,23-21-,28-26-,29-27-,34-32-,37-36-,38-33-,43-41-,44-42-,49-47-,50-48-,55-53-. The highest BCUT2D eigenvalue weighted by molar-refractivity contribution is 5.70. The van der Waals surface area contributed by atoms with E-state index in [-0.39, 0.29) is 32.7 Å². The van der Waals surface area contributed by atoms with Gasteiger partial charge in [0.2, 0.25) is 0 Å². The number of carbonyl (C=O) groups excluding carboxylic acids is 3. The summed E-state index contributed by atoms with van der Waals surface area (Å²) in [5.74, 6) is -2.38. The van der Waals surface area contributed by atoms with Crippen LogP contribution in [0.3, 0.4) is 0 Å². The zero-order chi connectivity index (χ0) is 60.5. The second-order valence-corrected chi connectivity index (χ2v) is 21.2. The summed E-state index contributed by atoms with van der Waals surface area (Å²) >= 11 is 0. The summed E-state index contributed by atoms with van der Waals surface area (Å²) in [6, 6.07) is 0. The normalized spacial score (nSPS) is 14.1. The molecular weight excluding hydrogens is 1030 g/mol. The highest BCUT2D eigenvalue weighted by atomic mass is 16.7. The van der Waals surface area contributed by atoms with E-state index in [0.29, 0.717) is 23.9 Å². The average molecular weight is 1140 g/mol. The molecule has 2 atom stereocenters. The van der Waals surface area contributed by atoms with Gasteiger partial charge in [-0.05, 0) is 141 Å². The Bertz CT molecular complexity index is 2060. The van der Waals surface area contributed by atoms with E-state index in [4.69, 9.17) is 18.9 Å². The van der Waals surface area contributed by atoms with Crippen LogP contribution in [0.15, 0.2) is 194 Å². The lowest BCUT2D eigenvalue weighted by molar-refractivity contribution is -0.870. The molecule has 0 radical (unpaired) electrons. The summed E-state index contributed by atoms with van der Waals surface area (Å²) in [5, 5.41) is 11.8. The fourth-order valence-electron chi connectivity index (χ4n) is 7.56. The number of quaternary nitrogens is 1. The summed E-state index contributed by atoms with van der Waals surface area (Å²) in [5.41, 5.74) is 0. The van der Waals surface area contributed by atoms with Crippen molar-refractivity contribution in [2.24, 2.45) is 0 Å². The lowest BCUT2D eigenvalue weighted by Crippen LogP contribution is -2.44. The third kappa shape index (κ3) is 63.6. The van der Waals surface area contributed by atoms with Crippen molar-refractivity contribution in [3.8, 4) is 0 Å². The monoisotopic (exact) mass is 1140 g/mol. The van der Waals surface area contributed by atoms with Gasteiger partial charge in [-0.15, -0.1) is 0 Å². The Balaban J connectivity index is 4.40. The number of esters is 2. The molecule has 0 bridgehead atoms. The van der Waals surface area contributed by atoms with Crippen LogP contribution in [0.5, 0.6) is 0 Å². The Morgan fingerprint density at radius 2 is 0.651 bits per heavy atom. The lowest BCUT2D eigenvalue weighted by atomic mass is 10.1. The number of carboxylic acid groups (broad SMARTS) is 1. The third-order valence-corrected chi connectivity index (χ3v) is 12.3. The first-order valence-electron chi connectivity index (χ1n) is 31.6. The van der Waals surface area contributed by atoms with Gasteiger partial charge in [0.25, 0.3) is 0 Å². The van der Waals surface area contributed by atoms with Gasteiger partial charge in [0.1, 0.15) is 13.2 Å². The maximum atomic E-state index is 12.9. The Kier molecular flexibility index (Phi) is 57.8. The highest BCUT2D eigenvalue weighted by Crippen LogP contribution is 2.12. The van der Waals surface area contributed by atoms with Gasteiger partial charge in [-0.25, -0.2) is 0 Å². The molecule has 0 rings (SSSR count). The van der Waals surface area contributed by atoms with Gasteiger partial charge in [0, 0.05) is 12.8 Å². The van der Waals surface area contributed by atoms with Gasteiger partial charge in [0.15, 0.2) is 12.4 Å². The van der Waals surface area contributed by atoms with E-state index in [2.05, 4.69) is 208 Å². The van der Waals surface area contributed by atoms with Crippen LogP contribution in [-0.2, 0) is 33.3 Å². The van der Waals surface area contributed by atoms with Gasteiger partial charge in [-0.3, -0.25) is 9.59 Å². The topological polar surface area (TPSA) is 111 Å². The SMILES string of the molecule is CC/C=C\C/C=C\C/C=C\C/C=C\C/C=C\C/C=C\C/C=C\C/C=C\C/C=C\CCCCCC(=O)OC(COC(=O)CCCCCCC/C=C\C/C=C\C/C=C\C/C=C\C/C=C\C/C=C\C/C=C\CC)COC(OCC[N+](C)(C)C)C(=O)[O-]. The summed E-state index contributed by atoms with van der Waals surface area (Å²) in [6.07, 6.45) is 93.4. The molecule has 462 valence electrons. The van der Waals surface area contributed by atoms with E-state index in [1.54, 1.807) is 0 Å². The van der Waals surface area contributed by atoms with Crippen LogP contribution in [0.1, 0.15) is 194 Å². The van der Waals surface area contributed by atoms with E-state index in [1.165, 1.54) is 0 Å². The van der Waals surface area contributed by atoms with Gasteiger partial charge in [-0.2, -0.15) is 0 Å². The quantitative estimate of drug-likeness (QED) is 0.0195. The van der Waals surface area contributed by atoms with Crippen molar-refractivity contribution in [1.29, 1.82) is 0 Å². The van der Waals surface area contributed by atoms with Gasteiger partial charge in [-0.1, -0.05) is 234 Å². The second-order valence-electron chi connectivity index (χ2n) is 21.2. The zero-order valence-corrected chi connectivity index (χ0v) is 52.5. The van der Waals surface area contributed by atoms with Gasteiger partial charge >= 0.3 is 11.9 Å². The largest absolute Gasteiger partial charge is 0.545 e. The van der Waals surface area contributed by atoms with Crippen molar-refractivity contribution in [1.82, 2.24) is 0 Å². The maximum absolute atomic E-state index is 12.9. The summed E-state index contributed by atoms with van der Waals surface area (Å²) in [4.78, 5) is 37.4. The molecule has 0 aromatic carbocycles. The Morgan fingerprint density at radius 1 is 0.361 bits per heavy atom. The molecule has 0 amide bonds. The summed E-state index contributed by atoms with van der Waals surface area (Å²) in [6.45, 7) is 4.42. The fourth-order valence-corrected chi connectivity index (χ4v) is 7.56. The maximum Gasteiger partial charge on any atom is 0.306 e. The first-order chi connectivity index (χ1) is 40.6. The molecule has 9 heteroatoms. The van der Waals surface area contributed by atoms with Crippen LogP contribution >= 0.6 is 0 Å². The van der Waals surface area contributed by atoms with E-state index < -0.39 is 30.3 Å². The molecule has 0 fully saturated rings. The van der Waals surface area contributed by atoms with Crippen molar-refractivity contribution in [3.05, 3.63) is 194 Å². The van der Waals surface area contributed by atoms with Crippen molar-refractivity contribution >= 4 is 17.9 Å². The van der Waals surface area contributed by atoms with Crippen molar-refractivity contribution in [3.63, 3.8) is 0 Å². The predicted octanol–water partition coefficient (Wildman–Crippen LogP) is 18.1. The molecule has 0 saturated heterocycles. The van der Waals surface area contributed by atoms with E-state index in [0.717, 1.165) is 154 Å². The van der Waals surface area contributed by atoms with Crippen LogP contribution in [0.4, 0.5) is 0 Å². The highest BCUT2D eigenvalue weighted by Gasteiger charge is 2.22.